The largest absolute Gasteiger partial charge is 0.493 e. The third-order valence-electron chi connectivity index (χ3n) is 3.00. The van der Waals surface area contributed by atoms with E-state index in [0.717, 1.165) is 40.7 Å². The molecule has 0 saturated heterocycles. The summed E-state index contributed by atoms with van der Waals surface area (Å²) in [6.45, 7) is 7.98. The first-order valence-corrected chi connectivity index (χ1v) is 8.30. The van der Waals surface area contributed by atoms with Gasteiger partial charge in [-0.2, -0.15) is 0 Å². The molecule has 0 bridgehead atoms. The number of hydrogen-bond acceptors (Lipinski definition) is 5. The lowest BCUT2D eigenvalue weighted by Gasteiger charge is -2.06. The quantitative estimate of drug-likeness (QED) is 0.758. The summed E-state index contributed by atoms with van der Waals surface area (Å²) in [6, 6.07) is 8.54. The fourth-order valence-corrected chi connectivity index (χ4v) is 2.93. The van der Waals surface area contributed by atoms with Gasteiger partial charge in [-0.1, -0.05) is 37.3 Å². The van der Waals surface area contributed by atoms with Crippen LogP contribution in [0.25, 0.3) is 10.6 Å². The van der Waals surface area contributed by atoms with E-state index in [2.05, 4.69) is 29.4 Å². The molecule has 5 heteroatoms. The van der Waals surface area contributed by atoms with Crippen LogP contribution in [-0.2, 0) is 6.42 Å². The minimum atomic E-state index is 0.535. The molecule has 0 saturated carbocycles. The van der Waals surface area contributed by atoms with Gasteiger partial charge in [0.2, 0.25) is 0 Å². The molecule has 0 aliphatic rings. The third kappa shape index (κ3) is 4.79. The molecule has 2 rings (SSSR count). The Morgan fingerprint density at radius 3 is 2.81 bits per heavy atom. The maximum atomic E-state index is 5.65. The summed E-state index contributed by atoms with van der Waals surface area (Å²) in [5.74, 6) is 0.879. The lowest BCUT2D eigenvalue weighted by atomic mass is 10.2. The van der Waals surface area contributed by atoms with Crippen LogP contribution < -0.4 is 10.1 Å². The van der Waals surface area contributed by atoms with Crippen molar-refractivity contribution in [2.45, 2.75) is 39.7 Å². The first-order valence-electron chi connectivity index (χ1n) is 7.48. The van der Waals surface area contributed by atoms with Crippen LogP contribution in [-0.4, -0.2) is 29.4 Å². The number of ether oxygens (including phenoxy) is 1. The van der Waals surface area contributed by atoms with Gasteiger partial charge in [-0.3, -0.25) is 0 Å². The van der Waals surface area contributed by atoms with Gasteiger partial charge in [0.15, 0.2) is 5.01 Å². The molecule has 0 aliphatic heterocycles. The van der Waals surface area contributed by atoms with Crippen molar-refractivity contribution in [3.05, 3.63) is 29.3 Å². The topological polar surface area (TPSA) is 47.0 Å². The highest BCUT2D eigenvalue weighted by atomic mass is 32.1. The number of nitrogens with zero attached hydrogens (tertiary/aromatic N) is 2. The molecule has 0 atom stereocenters. The second-order valence-corrected chi connectivity index (χ2v) is 6.20. The molecule has 0 aliphatic carbocycles. The maximum Gasteiger partial charge on any atom is 0.151 e. The SMILES string of the molecule is CCOc1ccccc1-c1nnc(CCCNC(C)C)s1. The van der Waals surface area contributed by atoms with Gasteiger partial charge in [-0.15, -0.1) is 10.2 Å². The molecule has 0 spiro atoms. The highest BCUT2D eigenvalue weighted by Crippen LogP contribution is 2.32. The first-order chi connectivity index (χ1) is 10.2. The van der Waals surface area contributed by atoms with Crippen LogP contribution in [0.3, 0.4) is 0 Å². The third-order valence-corrected chi connectivity index (χ3v) is 4.02. The van der Waals surface area contributed by atoms with Gasteiger partial charge in [-0.25, -0.2) is 0 Å². The molecule has 0 unspecified atom stereocenters. The van der Waals surface area contributed by atoms with Crippen LogP contribution in [0.4, 0.5) is 0 Å². The first kappa shape index (κ1) is 15.9. The van der Waals surface area contributed by atoms with E-state index in [9.17, 15) is 0 Å². The van der Waals surface area contributed by atoms with E-state index in [0.29, 0.717) is 12.6 Å². The summed E-state index contributed by atoms with van der Waals surface area (Å²) in [7, 11) is 0. The van der Waals surface area contributed by atoms with Gasteiger partial charge < -0.3 is 10.1 Å². The van der Waals surface area contributed by atoms with Crippen molar-refractivity contribution in [3.63, 3.8) is 0 Å². The van der Waals surface area contributed by atoms with Gasteiger partial charge in [-0.05, 0) is 32.0 Å². The van der Waals surface area contributed by atoms with E-state index >= 15 is 0 Å². The molecule has 2 aromatic rings. The zero-order valence-corrected chi connectivity index (χ0v) is 13.7. The predicted octanol–water partition coefficient (Wildman–Crippen LogP) is 3.53. The van der Waals surface area contributed by atoms with Crippen molar-refractivity contribution in [1.29, 1.82) is 0 Å². The average Bonchev–Trinajstić information content (AvgIpc) is 2.93. The number of aromatic nitrogens is 2. The van der Waals surface area contributed by atoms with Crippen LogP contribution in [0.2, 0.25) is 0 Å². The lowest BCUT2D eigenvalue weighted by molar-refractivity contribution is 0.341. The normalized spacial score (nSPS) is 11.0. The standard InChI is InChI=1S/C16H23N3OS/c1-4-20-14-9-6-5-8-13(14)16-19-18-15(21-16)10-7-11-17-12(2)3/h5-6,8-9,12,17H,4,7,10-11H2,1-3H3. The summed E-state index contributed by atoms with van der Waals surface area (Å²) in [5, 5.41) is 14.0. The maximum absolute atomic E-state index is 5.65. The Morgan fingerprint density at radius 2 is 2.05 bits per heavy atom. The molecular weight excluding hydrogens is 282 g/mol. The van der Waals surface area contributed by atoms with Crippen LogP contribution >= 0.6 is 11.3 Å². The van der Waals surface area contributed by atoms with Crippen LogP contribution in [0.5, 0.6) is 5.75 Å². The Labute approximate surface area is 130 Å². The van der Waals surface area contributed by atoms with Gasteiger partial charge >= 0.3 is 0 Å². The van der Waals surface area contributed by atoms with E-state index in [1.165, 1.54) is 0 Å². The number of para-hydroxylation sites is 1. The van der Waals surface area contributed by atoms with Gasteiger partial charge in [0, 0.05) is 12.5 Å². The molecule has 1 N–H and O–H groups in total. The molecule has 0 fully saturated rings. The van der Waals surface area contributed by atoms with Gasteiger partial charge in [0.05, 0.1) is 12.2 Å². The zero-order chi connectivity index (χ0) is 15.1. The minimum Gasteiger partial charge on any atom is -0.493 e. The molecule has 4 nitrogen and oxygen atoms in total. The summed E-state index contributed by atoms with van der Waals surface area (Å²) >= 11 is 1.65. The Kier molecular flexibility index (Phi) is 6.14. The smallest absolute Gasteiger partial charge is 0.151 e. The van der Waals surface area contributed by atoms with Crippen molar-refractivity contribution in [2.24, 2.45) is 0 Å². The van der Waals surface area contributed by atoms with Crippen LogP contribution in [0, 0.1) is 0 Å². The number of hydrogen-bond donors (Lipinski definition) is 1. The Hall–Kier alpha value is -1.46. The van der Waals surface area contributed by atoms with Crippen molar-refractivity contribution >= 4 is 11.3 Å². The second-order valence-electron chi connectivity index (χ2n) is 5.14. The average molecular weight is 305 g/mol. The van der Waals surface area contributed by atoms with Gasteiger partial charge in [0.1, 0.15) is 10.8 Å². The predicted molar refractivity (Wildman–Crippen MR) is 88.0 cm³/mol. The summed E-state index contributed by atoms with van der Waals surface area (Å²) < 4.78 is 5.65. The van der Waals surface area contributed by atoms with Crippen LogP contribution in [0.1, 0.15) is 32.2 Å². The Morgan fingerprint density at radius 1 is 1.24 bits per heavy atom. The van der Waals surface area contributed by atoms with Crippen molar-refractivity contribution in [1.82, 2.24) is 15.5 Å². The van der Waals surface area contributed by atoms with Crippen molar-refractivity contribution < 1.29 is 4.74 Å². The number of aryl methyl sites for hydroxylation is 1. The summed E-state index contributed by atoms with van der Waals surface area (Å²) in [5.41, 5.74) is 1.03. The molecule has 1 aromatic carbocycles. The molecule has 21 heavy (non-hydrogen) atoms. The Bertz CT molecular complexity index is 554. The second kappa shape index (κ2) is 8.10. The van der Waals surface area contributed by atoms with E-state index in [4.69, 9.17) is 4.74 Å². The van der Waals surface area contributed by atoms with E-state index in [1.54, 1.807) is 11.3 Å². The minimum absolute atomic E-state index is 0.535. The number of rotatable bonds is 8. The highest BCUT2D eigenvalue weighted by Gasteiger charge is 2.11. The van der Waals surface area contributed by atoms with Gasteiger partial charge in [0.25, 0.3) is 0 Å². The summed E-state index contributed by atoms with van der Waals surface area (Å²) in [4.78, 5) is 0. The fraction of sp³-hybridized carbons (Fsp3) is 0.500. The van der Waals surface area contributed by atoms with E-state index in [1.807, 2.05) is 31.2 Å². The van der Waals surface area contributed by atoms with Crippen molar-refractivity contribution in [2.75, 3.05) is 13.2 Å². The Balaban J connectivity index is 1.99. The fourth-order valence-electron chi connectivity index (χ4n) is 2.02. The summed E-state index contributed by atoms with van der Waals surface area (Å²) in [6.07, 6.45) is 2.05. The lowest BCUT2D eigenvalue weighted by Crippen LogP contribution is -2.23. The highest BCUT2D eigenvalue weighted by molar-refractivity contribution is 7.14. The molecule has 114 valence electrons. The molecule has 0 radical (unpaired) electrons. The number of nitrogens with one attached hydrogen (secondary N) is 1. The van der Waals surface area contributed by atoms with E-state index in [-0.39, 0.29) is 0 Å². The monoisotopic (exact) mass is 305 g/mol. The molecule has 0 amide bonds. The molecule has 1 heterocycles. The number of benzene rings is 1. The van der Waals surface area contributed by atoms with Crippen molar-refractivity contribution in [3.8, 4) is 16.3 Å². The molecular formula is C16H23N3OS. The van der Waals surface area contributed by atoms with Crippen LogP contribution in [0.15, 0.2) is 24.3 Å². The van der Waals surface area contributed by atoms with E-state index < -0.39 is 0 Å². The zero-order valence-electron chi connectivity index (χ0n) is 12.9. The molecule has 1 aromatic heterocycles.